The van der Waals surface area contributed by atoms with E-state index in [9.17, 15) is 14.7 Å². The van der Waals surface area contributed by atoms with E-state index in [0.29, 0.717) is 12.1 Å². The highest BCUT2D eigenvalue weighted by atomic mass is 79.9. The Morgan fingerprint density at radius 2 is 2.21 bits per heavy atom. The molecule has 6 heteroatoms. The van der Waals surface area contributed by atoms with Gasteiger partial charge in [0.2, 0.25) is 0 Å². The minimum Gasteiger partial charge on any atom is -0.480 e. The number of carbonyl (C=O) groups excluding carboxylic acids is 1. The normalized spacial score (nSPS) is 22.3. The van der Waals surface area contributed by atoms with Crippen LogP contribution in [0.25, 0.3) is 0 Å². The predicted molar refractivity (Wildman–Crippen MR) is 77.5 cm³/mol. The summed E-state index contributed by atoms with van der Waals surface area (Å²) in [6, 6.07) is 0.987. The summed E-state index contributed by atoms with van der Waals surface area (Å²) in [7, 11) is 0. The Bertz CT molecular complexity index is 512. The molecule has 0 spiro atoms. The van der Waals surface area contributed by atoms with E-state index in [1.165, 1.54) is 16.2 Å². The third-order valence-corrected chi connectivity index (χ3v) is 5.09. The van der Waals surface area contributed by atoms with Gasteiger partial charge in [0.15, 0.2) is 0 Å². The fourth-order valence-electron chi connectivity index (χ4n) is 2.67. The first-order chi connectivity index (χ1) is 8.83. The van der Waals surface area contributed by atoms with E-state index in [-0.39, 0.29) is 5.91 Å². The number of hydrogen-bond donors (Lipinski definition) is 1. The maximum Gasteiger partial charge on any atom is 0.326 e. The van der Waals surface area contributed by atoms with Crippen molar-refractivity contribution >= 4 is 39.1 Å². The third-order valence-electron chi connectivity index (χ3n) is 3.58. The zero-order valence-electron chi connectivity index (χ0n) is 10.9. The molecule has 1 N–H and O–H groups in total. The van der Waals surface area contributed by atoms with Crippen LogP contribution in [0.5, 0.6) is 0 Å². The van der Waals surface area contributed by atoms with Crippen molar-refractivity contribution in [3.63, 3.8) is 0 Å². The van der Waals surface area contributed by atoms with E-state index in [1.54, 1.807) is 11.4 Å². The maximum atomic E-state index is 12.5. The van der Waals surface area contributed by atoms with Crippen LogP contribution in [-0.4, -0.2) is 34.5 Å². The number of carbonyl (C=O) groups is 2. The summed E-state index contributed by atoms with van der Waals surface area (Å²) in [6.45, 7) is 4.33. The average molecular weight is 346 g/mol. The van der Waals surface area contributed by atoms with Gasteiger partial charge in [-0.25, -0.2) is 4.79 Å². The fraction of sp³-hybridized carbons (Fsp3) is 0.538. The van der Waals surface area contributed by atoms with Gasteiger partial charge in [0.1, 0.15) is 6.04 Å². The van der Waals surface area contributed by atoms with Gasteiger partial charge in [-0.1, -0.05) is 13.8 Å². The second-order valence-electron chi connectivity index (χ2n) is 5.47. The first kappa shape index (κ1) is 14.5. The molecule has 0 radical (unpaired) electrons. The highest BCUT2D eigenvalue weighted by Crippen LogP contribution is 2.36. The first-order valence-electron chi connectivity index (χ1n) is 6.11. The molecule has 1 aliphatic rings. The Morgan fingerprint density at radius 1 is 1.53 bits per heavy atom. The largest absolute Gasteiger partial charge is 0.480 e. The van der Waals surface area contributed by atoms with Crippen molar-refractivity contribution in [2.45, 2.75) is 32.7 Å². The van der Waals surface area contributed by atoms with E-state index >= 15 is 0 Å². The minimum atomic E-state index is -0.924. The monoisotopic (exact) mass is 345 g/mol. The van der Waals surface area contributed by atoms with Gasteiger partial charge in [0.05, 0.1) is 9.35 Å². The van der Waals surface area contributed by atoms with E-state index in [1.807, 2.05) is 13.8 Å². The zero-order valence-corrected chi connectivity index (χ0v) is 13.3. The lowest BCUT2D eigenvalue weighted by Gasteiger charge is -2.43. The topological polar surface area (TPSA) is 57.6 Å². The number of halogens is 1. The summed E-state index contributed by atoms with van der Waals surface area (Å²) in [5.74, 6) is -1.12. The summed E-state index contributed by atoms with van der Waals surface area (Å²) in [5, 5.41) is 11.2. The number of thiophene rings is 1. The van der Waals surface area contributed by atoms with Crippen molar-refractivity contribution < 1.29 is 14.7 Å². The van der Waals surface area contributed by atoms with Crippen LogP contribution in [0.15, 0.2) is 15.2 Å². The minimum absolute atomic E-state index is 0.192. The van der Waals surface area contributed by atoms with Crippen molar-refractivity contribution in [2.75, 3.05) is 6.54 Å². The van der Waals surface area contributed by atoms with Gasteiger partial charge in [-0.3, -0.25) is 4.79 Å². The Hall–Kier alpha value is -0.880. The van der Waals surface area contributed by atoms with Crippen LogP contribution < -0.4 is 0 Å². The molecule has 1 saturated heterocycles. The highest BCUT2D eigenvalue weighted by Gasteiger charge is 2.44. The molecule has 1 fully saturated rings. The second kappa shape index (κ2) is 5.25. The summed E-state index contributed by atoms with van der Waals surface area (Å²) in [4.78, 5) is 25.5. The summed E-state index contributed by atoms with van der Waals surface area (Å²) >= 11 is 4.75. The number of carboxylic acids is 1. The zero-order chi connectivity index (χ0) is 14.2. The van der Waals surface area contributed by atoms with Gasteiger partial charge in [-0.15, -0.1) is 11.3 Å². The number of likely N-dealkylation sites (tertiary alicyclic amines) is 1. The van der Waals surface area contributed by atoms with Crippen molar-refractivity contribution in [1.29, 1.82) is 0 Å². The molecule has 1 amide bonds. The fourth-order valence-corrected chi connectivity index (χ4v) is 3.80. The molecular weight excluding hydrogens is 330 g/mol. The summed E-state index contributed by atoms with van der Waals surface area (Å²) in [5.41, 5.74) is 0.160. The first-order valence-corrected chi connectivity index (χ1v) is 7.78. The van der Waals surface area contributed by atoms with E-state index < -0.39 is 17.4 Å². The molecule has 1 aliphatic heterocycles. The number of nitrogens with zero attached hydrogens (tertiary/aromatic N) is 1. The number of amides is 1. The van der Waals surface area contributed by atoms with Crippen LogP contribution >= 0.6 is 27.3 Å². The molecule has 1 aromatic rings. The SMILES string of the molecule is CC1(C)CCCN(C(=O)c2csc(Br)c2)C1C(=O)O. The van der Waals surface area contributed by atoms with E-state index in [4.69, 9.17) is 0 Å². The van der Waals surface area contributed by atoms with Gasteiger partial charge in [0, 0.05) is 11.9 Å². The molecule has 0 aromatic carbocycles. The molecule has 0 bridgehead atoms. The van der Waals surface area contributed by atoms with Crippen molar-refractivity contribution in [3.05, 3.63) is 20.8 Å². The van der Waals surface area contributed by atoms with Gasteiger partial charge in [0.25, 0.3) is 5.91 Å². The number of carboxylic acid groups (broad SMARTS) is 1. The van der Waals surface area contributed by atoms with Crippen molar-refractivity contribution in [2.24, 2.45) is 5.41 Å². The van der Waals surface area contributed by atoms with Crippen LogP contribution in [-0.2, 0) is 4.79 Å². The highest BCUT2D eigenvalue weighted by molar-refractivity contribution is 9.11. The molecule has 104 valence electrons. The molecule has 2 heterocycles. The molecule has 1 unspecified atom stereocenters. The molecule has 4 nitrogen and oxygen atoms in total. The van der Waals surface area contributed by atoms with Gasteiger partial charge < -0.3 is 10.0 Å². The van der Waals surface area contributed by atoms with Crippen molar-refractivity contribution in [1.82, 2.24) is 4.90 Å². The summed E-state index contributed by atoms with van der Waals surface area (Å²) in [6.07, 6.45) is 1.66. The Morgan fingerprint density at radius 3 is 2.74 bits per heavy atom. The van der Waals surface area contributed by atoms with Crippen molar-refractivity contribution in [3.8, 4) is 0 Å². The quantitative estimate of drug-likeness (QED) is 0.895. The lowest BCUT2D eigenvalue weighted by Crippen LogP contribution is -2.56. The Labute approximate surface area is 124 Å². The average Bonchev–Trinajstić information content (AvgIpc) is 2.72. The number of aliphatic carboxylic acids is 1. The molecular formula is C13H16BrNO3S. The predicted octanol–water partition coefficient (Wildman–Crippen LogP) is 3.23. The molecule has 0 saturated carbocycles. The Kier molecular flexibility index (Phi) is 4.01. The van der Waals surface area contributed by atoms with E-state index in [0.717, 1.165) is 16.6 Å². The smallest absolute Gasteiger partial charge is 0.326 e. The van der Waals surface area contributed by atoms with Crippen LogP contribution in [0.4, 0.5) is 0 Å². The lowest BCUT2D eigenvalue weighted by atomic mass is 9.76. The molecule has 19 heavy (non-hydrogen) atoms. The molecule has 1 aromatic heterocycles. The standard InChI is InChI=1S/C13H16BrNO3S/c1-13(2)4-3-5-15(10(13)12(17)18)11(16)8-6-9(14)19-7-8/h6-7,10H,3-5H2,1-2H3,(H,17,18). The van der Waals surface area contributed by atoms with Crippen LogP contribution in [0.3, 0.4) is 0 Å². The van der Waals surface area contributed by atoms with Gasteiger partial charge >= 0.3 is 5.97 Å². The van der Waals surface area contributed by atoms with Crippen LogP contribution in [0.2, 0.25) is 0 Å². The van der Waals surface area contributed by atoms with Crippen LogP contribution in [0, 0.1) is 5.41 Å². The lowest BCUT2D eigenvalue weighted by molar-refractivity contribution is -0.148. The summed E-state index contributed by atoms with van der Waals surface area (Å²) < 4.78 is 0.874. The van der Waals surface area contributed by atoms with Gasteiger partial charge in [-0.2, -0.15) is 0 Å². The Balaban J connectivity index is 2.31. The van der Waals surface area contributed by atoms with Crippen LogP contribution in [0.1, 0.15) is 37.0 Å². The number of piperidine rings is 1. The third kappa shape index (κ3) is 2.84. The van der Waals surface area contributed by atoms with E-state index in [2.05, 4.69) is 15.9 Å². The second-order valence-corrected chi connectivity index (χ2v) is 7.76. The number of rotatable bonds is 2. The molecule has 0 aliphatic carbocycles. The molecule has 2 rings (SSSR count). The van der Waals surface area contributed by atoms with Gasteiger partial charge in [-0.05, 0) is 40.3 Å². The molecule has 1 atom stereocenters. The maximum absolute atomic E-state index is 12.5. The number of hydrogen-bond acceptors (Lipinski definition) is 3.